The number of nitrogens with two attached hydrogens (primary N) is 1. The minimum Gasteiger partial charge on any atom is -0.397 e. The maximum atomic E-state index is 5.83. The average Bonchev–Trinajstić information content (AvgIpc) is 3.24. The van der Waals surface area contributed by atoms with E-state index in [-0.39, 0.29) is 0 Å². The molecule has 0 aliphatic heterocycles. The zero-order chi connectivity index (χ0) is 16.8. The van der Waals surface area contributed by atoms with Crippen LogP contribution in [0, 0.1) is 0 Å². The van der Waals surface area contributed by atoms with Crippen LogP contribution in [-0.4, -0.2) is 30.1 Å². The molecule has 0 saturated carbocycles. The fraction of sp³-hybridized carbons (Fsp3) is 0. The number of hydrogen-bond donors (Lipinski definition) is 3. The summed E-state index contributed by atoms with van der Waals surface area (Å²) in [5, 5.41) is 9.56. The number of anilines is 1. The molecule has 0 unspecified atom stereocenters. The smallest absolute Gasteiger partial charge is 0.116 e. The van der Waals surface area contributed by atoms with Crippen molar-refractivity contribution in [3.05, 3.63) is 55.2 Å². The highest BCUT2D eigenvalue weighted by molar-refractivity contribution is 5.96. The fourth-order valence-corrected chi connectivity index (χ4v) is 2.98. The van der Waals surface area contributed by atoms with Crippen LogP contribution in [0.15, 0.2) is 55.2 Å². The quantitative estimate of drug-likeness (QED) is 0.461. The number of aromatic nitrogens is 6. The van der Waals surface area contributed by atoms with E-state index in [0.717, 1.165) is 44.5 Å². The van der Waals surface area contributed by atoms with Gasteiger partial charge in [0.05, 0.1) is 40.5 Å². The largest absolute Gasteiger partial charge is 0.397 e. The summed E-state index contributed by atoms with van der Waals surface area (Å²) in [7, 11) is 0. The summed E-state index contributed by atoms with van der Waals surface area (Å²) in [6.45, 7) is 0. The van der Waals surface area contributed by atoms with Crippen molar-refractivity contribution in [3.8, 4) is 22.6 Å². The molecule has 25 heavy (non-hydrogen) atoms. The topological polar surface area (TPSA) is 109 Å². The SMILES string of the molecule is Nc1cncc(-c2cc3c(-c4cc5ccncc5[nH]4)n[nH]c3cn2)c1. The van der Waals surface area contributed by atoms with Gasteiger partial charge in [-0.15, -0.1) is 0 Å². The van der Waals surface area contributed by atoms with E-state index in [1.54, 1.807) is 31.0 Å². The van der Waals surface area contributed by atoms with Gasteiger partial charge in [-0.2, -0.15) is 5.10 Å². The number of nitrogens with one attached hydrogen (secondary N) is 2. The minimum atomic E-state index is 0.606. The molecule has 0 aliphatic carbocycles. The van der Waals surface area contributed by atoms with Crippen LogP contribution in [-0.2, 0) is 0 Å². The first-order valence-corrected chi connectivity index (χ1v) is 7.76. The molecule has 120 valence electrons. The molecule has 0 radical (unpaired) electrons. The van der Waals surface area contributed by atoms with E-state index in [1.807, 2.05) is 18.2 Å². The van der Waals surface area contributed by atoms with Gasteiger partial charge in [-0.25, -0.2) is 0 Å². The number of rotatable bonds is 2. The van der Waals surface area contributed by atoms with Crippen molar-refractivity contribution < 1.29 is 0 Å². The second-order valence-electron chi connectivity index (χ2n) is 5.84. The van der Waals surface area contributed by atoms with Crippen molar-refractivity contribution in [2.24, 2.45) is 0 Å². The Morgan fingerprint density at radius 3 is 2.76 bits per heavy atom. The number of hydrogen-bond acceptors (Lipinski definition) is 5. The zero-order valence-corrected chi connectivity index (χ0v) is 13.1. The third-order valence-corrected chi connectivity index (χ3v) is 4.18. The Bertz CT molecular complexity index is 1190. The van der Waals surface area contributed by atoms with Crippen LogP contribution < -0.4 is 5.73 Å². The standard InChI is InChI=1S/C18H13N7/c19-12-3-11(6-21-7-12)14-5-13-17(9-22-14)24-25-18(13)15-4-10-1-2-20-8-16(10)23-15/h1-9,23H,19H2,(H,24,25). The Morgan fingerprint density at radius 2 is 1.88 bits per heavy atom. The molecule has 0 fully saturated rings. The Morgan fingerprint density at radius 1 is 0.920 bits per heavy atom. The summed E-state index contributed by atoms with van der Waals surface area (Å²) in [5.41, 5.74) is 11.7. The van der Waals surface area contributed by atoms with Gasteiger partial charge in [-0.3, -0.25) is 20.1 Å². The summed E-state index contributed by atoms with van der Waals surface area (Å²) in [4.78, 5) is 16.1. The Kier molecular flexibility index (Phi) is 2.81. The molecule has 4 N–H and O–H groups in total. The van der Waals surface area contributed by atoms with Gasteiger partial charge in [0.25, 0.3) is 0 Å². The van der Waals surface area contributed by atoms with Gasteiger partial charge in [0.2, 0.25) is 0 Å². The summed E-state index contributed by atoms with van der Waals surface area (Å²) in [6.07, 6.45) is 8.72. The first-order chi connectivity index (χ1) is 12.3. The van der Waals surface area contributed by atoms with Crippen LogP contribution >= 0.6 is 0 Å². The molecule has 0 amide bonds. The molecule has 5 aromatic heterocycles. The van der Waals surface area contributed by atoms with E-state index in [4.69, 9.17) is 5.73 Å². The number of nitrogen functional groups attached to an aromatic ring is 1. The van der Waals surface area contributed by atoms with E-state index in [9.17, 15) is 0 Å². The Balaban J connectivity index is 1.70. The van der Waals surface area contributed by atoms with Gasteiger partial charge in [-0.1, -0.05) is 0 Å². The predicted octanol–water partition coefficient (Wildman–Crippen LogP) is 3.15. The normalized spacial score (nSPS) is 11.4. The van der Waals surface area contributed by atoms with Crippen molar-refractivity contribution in [3.63, 3.8) is 0 Å². The first-order valence-electron chi connectivity index (χ1n) is 7.76. The zero-order valence-electron chi connectivity index (χ0n) is 13.1. The van der Waals surface area contributed by atoms with Crippen LogP contribution in [0.2, 0.25) is 0 Å². The molecular formula is C18H13N7. The van der Waals surface area contributed by atoms with Gasteiger partial charge in [0, 0.05) is 34.9 Å². The highest BCUT2D eigenvalue weighted by Crippen LogP contribution is 2.30. The maximum absolute atomic E-state index is 5.83. The number of aromatic amines is 2. The third-order valence-electron chi connectivity index (χ3n) is 4.18. The molecule has 0 atom stereocenters. The van der Waals surface area contributed by atoms with Gasteiger partial charge < -0.3 is 10.7 Å². The molecule has 0 bridgehead atoms. The number of nitrogens with zero attached hydrogens (tertiary/aromatic N) is 4. The Labute approximate surface area is 142 Å². The van der Waals surface area contributed by atoms with Crippen LogP contribution in [0.25, 0.3) is 44.5 Å². The first kappa shape index (κ1) is 13.7. The molecule has 0 aliphatic rings. The number of fused-ring (bicyclic) bond motifs is 2. The van der Waals surface area contributed by atoms with E-state index in [1.165, 1.54) is 0 Å². The molecule has 5 rings (SSSR count). The highest BCUT2D eigenvalue weighted by atomic mass is 15.1. The third kappa shape index (κ3) is 2.21. The van der Waals surface area contributed by atoms with Crippen LogP contribution in [0.1, 0.15) is 0 Å². The average molecular weight is 327 g/mol. The summed E-state index contributed by atoms with van der Waals surface area (Å²) in [6, 6.07) is 7.88. The molecule has 0 spiro atoms. The van der Waals surface area contributed by atoms with E-state index >= 15 is 0 Å². The van der Waals surface area contributed by atoms with E-state index < -0.39 is 0 Å². The lowest BCUT2D eigenvalue weighted by molar-refractivity contribution is 1.11. The van der Waals surface area contributed by atoms with Crippen molar-refractivity contribution >= 4 is 27.5 Å². The monoisotopic (exact) mass is 327 g/mol. The molecular weight excluding hydrogens is 314 g/mol. The second kappa shape index (κ2) is 5.13. The molecule has 5 heterocycles. The number of H-pyrrole nitrogens is 2. The van der Waals surface area contributed by atoms with Crippen molar-refractivity contribution in [1.82, 2.24) is 30.1 Å². The van der Waals surface area contributed by atoms with Crippen LogP contribution in [0.5, 0.6) is 0 Å². The van der Waals surface area contributed by atoms with Crippen molar-refractivity contribution in [1.29, 1.82) is 0 Å². The second-order valence-corrected chi connectivity index (χ2v) is 5.84. The number of pyridine rings is 3. The van der Waals surface area contributed by atoms with Crippen molar-refractivity contribution in [2.45, 2.75) is 0 Å². The molecule has 7 heteroatoms. The lowest BCUT2D eigenvalue weighted by Gasteiger charge is -2.02. The summed E-state index contributed by atoms with van der Waals surface area (Å²) in [5.74, 6) is 0. The fourth-order valence-electron chi connectivity index (χ4n) is 2.98. The molecule has 7 nitrogen and oxygen atoms in total. The van der Waals surface area contributed by atoms with Gasteiger partial charge >= 0.3 is 0 Å². The highest BCUT2D eigenvalue weighted by Gasteiger charge is 2.13. The molecule has 5 aromatic rings. The van der Waals surface area contributed by atoms with Gasteiger partial charge in [0.15, 0.2) is 0 Å². The lowest BCUT2D eigenvalue weighted by atomic mass is 10.1. The van der Waals surface area contributed by atoms with E-state index in [0.29, 0.717) is 5.69 Å². The lowest BCUT2D eigenvalue weighted by Crippen LogP contribution is -1.89. The van der Waals surface area contributed by atoms with Gasteiger partial charge in [0.1, 0.15) is 5.69 Å². The summed E-state index contributed by atoms with van der Waals surface area (Å²) < 4.78 is 0. The Hall–Kier alpha value is -3.74. The summed E-state index contributed by atoms with van der Waals surface area (Å²) >= 11 is 0. The molecule has 0 aromatic carbocycles. The van der Waals surface area contributed by atoms with Crippen molar-refractivity contribution in [2.75, 3.05) is 5.73 Å². The molecule has 0 saturated heterocycles. The van der Waals surface area contributed by atoms with Crippen LogP contribution in [0.3, 0.4) is 0 Å². The van der Waals surface area contributed by atoms with Gasteiger partial charge in [-0.05, 0) is 24.3 Å². The van der Waals surface area contributed by atoms with Crippen LogP contribution in [0.4, 0.5) is 5.69 Å². The maximum Gasteiger partial charge on any atom is 0.116 e. The minimum absolute atomic E-state index is 0.606. The predicted molar refractivity (Wildman–Crippen MR) is 96.6 cm³/mol. The van der Waals surface area contributed by atoms with E-state index in [2.05, 4.69) is 36.2 Å².